The van der Waals surface area contributed by atoms with E-state index >= 15 is 0 Å². The predicted molar refractivity (Wildman–Crippen MR) is 54.7 cm³/mol. The van der Waals surface area contributed by atoms with E-state index in [-0.39, 0.29) is 5.82 Å². The average Bonchev–Trinajstić information content (AvgIpc) is 2.17. The van der Waals surface area contributed by atoms with Gasteiger partial charge >= 0.3 is 8.03 Å². The SMILES string of the molecule is CCO[P+](=O)C=Cc1ccccc1F. The number of halogens is 1. The molecule has 0 aliphatic carbocycles. The van der Waals surface area contributed by atoms with E-state index in [4.69, 9.17) is 4.52 Å². The van der Waals surface area contributed by atoms with Crippen LogP contribution in [0.3, 0.4) is 0 Å². The molecule has 1 aromatic rings. The first kappa shape index (κ1) is 11.0. The van der Waals surface area contributed by atoms with Crippen molar-refractivity contribution >= 4 is 14.1 Å². The largest absolute Gasteiger partial charge is 0.540 e. The molecule has 2 nitrogen and oxygen atoms in total. The van der Waals surface area contributed by atoms with Crippen molar-refractivity contribution < 1.29 is 13.5 Å². The molecule has 1 rings (SSSR count). The van der Waals surface area contributed by atoms with E-state index in [2.05, 4.69) is 0 Å². The smallest absolute Gasteiger partial charge is 0.206 e. The van der Waals surface area contributed by atoms with Crippen LogP contribution in [0.25, 0.3) is 6.08 Å². The molecule has 0 aliphatic heterocycles. The Morgan fingerprint density at radius 1 is 1.50 bits per heavy atom. The Kier molecular flexibility index (Phi) is 4.44. The fourth-order valence-electron chi connectivity index (χ4n) is 0.922. The van der Waals surface area contributed by atoms with Gasteiger partial charge in [-0.25, -0.2) is 4.39 Å². The van der Waals surface area contributed by atoms with Crippen molar-refractivity contribution in [1.82, 2.24) is 0 Å². The van der Waals surface area contributed by atoms with E-state index in [1.807, 2.05) is 0 Å². The highest BCUT2D eigenvalue weighted by Gasteiger charge is 2.10. The number of hydrogen-bond acceptors (Lipinski definition) is 2. The lowest BCUT2D eigenvalue weighted by molar-refractivity contribution is 0.356. The summed E-state index contributed by atoms with van der Waals surface area (Å²) < 4.78 is 28.9. The number of hydrogen-bond donors (Lipinski definition) is 0. The van der Waals surface area contributed by atoms with Gasteiger partial charge < -0.3 is 0 Å². The molecular formula is C10H11FO2P+. The highest BCUT2D eigenvalue weighted by atomic mass is 31.1. The van der Waals surface area contributed by atoms with Crippen LogP contribution in [0.15, 0.2) is 30.1 Å². The Morgan fingerprint density at radius 2 is 2.21 bits per heavy atom. The molecular weight excluding hydrogens is 202 g/mol. The van der Waals surface area contributed by atoms with Crippen LogP contribution in [0.1, 0.15) is 12.5 Å². The molecule has 0 bridgehead atoms. The summed E-state index contributed by atoms with van der Waals surface area (Å²) in [4.78, 5) is 0. The molecule has 1 atom stereocenters. The maximum atomic E-state index is 13.0. The molecule has 0 aromatic heterocycles. The quantitative estimate of drug-likeness (QED) is 0.714. The summed E-state index contributed by atoms with van der Waals surface area (Å²) in [6, 6.07) is 6.29. The minimum Gasteiger partial charge on any atom is -0.206 e. The molecule has 0 saturated heterocycles. The third-order valence-corrected chi connectivity index (χ3v) is 2.44. The van der Waals surface area contributed by atoms with Gasteiger partial charge in [-0.2, -0.15) is 0 Å². The molecule has 74 valence electrons. The van der Waals surface area contributed by atoms with Crippen molar-refractivity contribution in [1.29, 1.82) is 0 Å². The number of benzene rings is 1. The molecule has 0 heterocycles. The van der Waals surface area contributed by atoms with Crippen molar-refractivity contribution in [3.8, 4) is 0 Å². The first-order valence-electron chi connectivity index (χ1n) is 4.26. The lowest BCUT2D eigenvalue weighted by atomic mass is 10.2. The Labute approximate surface area is 83.3 Å². The molecule has 0 radical (unpaired) electrons. The Hall–Kier alpha value is -1.05. The molecule has 0 fully saturated rings. The van der Waals surface area contributed by atoms with Gasteiger partial charge in [0.25, 0.3) is 0 Å². The van der Waals surface area contributed by atoms with Crippen LogP contribution in [-0.4, -0.2) is 6.61 Å². The van der Waals surface area contributed by atoms with Gasteiger partial charge in [0.15, 0.2) is 5.82 Å². The van der Waals surface area contributed by atoms with E-state index in [0.29, 0.717) is 12.2 Å². The van der Waals surface area contributed by atoms with Crippen LogP contribution < -0.4 is 0 Å². The minimum atomic E-state index is -1.81. The van der Waals surface area contributed by atoms with Crippen LogP contribution in [0.4, 0.5) is 4.39 Å². The second-order valence-electron chi connectivity index (χ2n) is 2.54. The minimum absolute atomic E-state index is 0.330. The molecule has 14 heavy (non-hydrogen) atoms. The fourth-order valence-corrected chi connectivity index (χ4v) is 1.54. The zero-order chi connectivity index (χ0) is 10.4. The van der Waals surface area contributed by atoms with Gasteiger partial charge in [0, 0.05) is 5.56 Å². The Balaban J connectivity index is 2.69. The summed E-state index contributed by atoms with van der Waals surface area (Å²) in [6.07, 6.45) is 1.46. The molecule has 0 spiro atoms. The molecule has 4 heteroatoms. The van der Waals surface area contributed by atoms with Crippen molar-refractivity contribution in [3.63, 3.8) is 0 Å². The van der Waals surface area contributed by atoms with E-state index in [1.54, 1.807) is 25.1 Å². The van der Waals surface area contributed by atoms with Crippen LogP contribution in [0.2, 0.25) is 0 Å². The molecule has 0 N–H and O–H groups in total. The van der Waals surface area contributed by atoms with E-state index in [9.17, 15) is 8.96 Å². The lowest BCUT2D eigenvalue weighted by Crippen LogP contribution is -1.79. The van der Waals surface area contributed by atoms with Crippen molar-refractivity contribution in [3.05, 3.63) is 41.5 Å². The van der Waals surface area contributed by atoms with Gasteiger partial charge in [0.05, 0.1) is 0 Å². The molecule has 0 saturated carbocycles. The van der Waals surface area contributed by atoms with Crippen molar-refractivity contribution in [2.75, 3.05) is 6.61 Å². The third-order valence-electron chi connectivity index (χ3n) is 1.54. The topological polar surface area (TPSA) is 26.3 Å². The first-order chi connectivity index (χ1) is 6.74. The highest BCUT2D eigenvalue weighted by Crippen LogP contribution is 2.25. The van der Waals surface area contributed by atoms with Crippen LogP contribution in [-0.2, 0) is 9.09 Å². The zero-order valence-electron chi connectivity index (χ0n) is 7.81. The van der Waals surface area contributed by atoms with Gasteiger partial charge in [-0.15, -0.1) is 4.52 Å². The summed E-state index contributed by atoms with van der Waals surface area (Å²) in [5.41, 5.74) is 0.413. The van der Waals surface area contributed by atoms with E-state index in [1.165, 1.54) is 18.0 Å². The van der Waals surface area contributed by atoms with Gasteiger partial charge in [-0.1, -0.05) is 18.2 Å². The summed E-state index contributed by atoms with van der Waals surface area (Å²) in [6.45, 7) is 2.14. The van der Waals surface area contributed by atoms with Crippen LogP contribution >= 0.6 is 8.03 Å². The molecule has 1 aromatic carbocycles. The highest BCUT2D eigenvalue weighted by molar-refractivity contribution is 7.43. The normalized spacial score (nSPS) is 12.0. The van der Waals surface area contributed by atoms with Gasteiger partial charge in [0.1, 0.15) is 12.4 Å². The summed E-state index contributed by atoms with van der Waals surface area (Å²) >= 11 is 0. The zero-order valence-corrected chi connectivity index (χ0v) is 8.71. The second kappa shape index (κ2) is 5.63. The van der Waals surface area contributed by atoms with Crippen molar-refractivity contribution in [2.24, 2.45) is 0 Å². The summed E-state index contributed by atoms with van der Waals surface area (Å²) in [5, 5.41) is 0. The molecule has 0 aliphatic rings. The molecule has 0 amide bonds. The Morgan fingerprint density at radius 3 is 2.86 bits per heavy atom. The lowest BCUT2D eigenvalue weighted by Gasteiger charge is -1.91. The van der Waals surface area contributed by atoms with Gasteiger partial charge in [-0.3, -0.25) is 0 Å². The standard InChI is InChI=1S/C10H11FO2P/c1-2-13-14(12)8-7-9-5-3-4-6-10(9)11/h3-8H,2H2,1H3/q+1. The van der Waals surface area contributed by atoms with Crippen LogP contribution in [0, 0.1) is 5.82 Å². The fraction of sp³-hybridized carbons (Fsp3) is 0.200. The van der Waals surface area contributed by atoms with Crippen LogP contribution in [0.5, 0.6) is 0 Å². The average molecular weight is 213 g/mol. The van der Waals surface area contributed by atoms with E-state index in [0.717, 1.165) is 0 Å². The molecule has 1 unspecified atom stereocenters. The number of rotatable bonds is 4. The van der Waals surface area contributed by atoms with Crippen molar-refractivity contribution in [2.45, 2.75) is 6.92 Å². The van der Waals surface area contributed by atoms with E-state index < -0.39 is 8.03 Å². The summed E-state index contributed by atoms with van der Waals surface area (Å²) in [7, 11) is -1.81. The maximum Gasteiger partial charge on any atom is 0.540 e. The van der Waals surface area contributed by atoms with Gasteiger partial charge in [-0.05, 0) is 23.6 Å². The third kappa shape index (κ3) is 3.36. The second-order valence-corrected chi connectivity index (χ2v) is 3.67. The maximum absolute atomic E-state index is 13.0. The first-order valence-corrected chi connectivity index (χ1v) is 5.50. The van der Waals surface area contributed by atoms with Gasteiger partial charge in [0.2, 0.25) is 0 Å². The Bertz CT molecular complexity index is 350. The predicted octanol–water partition coefficient (Wildman–Crippen LogP) is 3.58. The summed E-state index contributed by atoms with van der Waals surface area (Å²) in [5.74, 6) is 1.03. The monoisotopic (exact) mass is 213 g/mol.